The van der Waals surface area contributed by atoms with Crippen molar-refractivity contribution in [3.8, 4) is 33.6 Å². The minimum Gasteiger partial charge on any atom is -0.501 e. The quantitative estimate of drug-likeness (QED) is 0.131. The van der Waals surface area contributed by atoms with Crippen LogP contribution >= 0.6 is 0 Å². The molecule has 0 aliphatic heterocycles. The van der Waals surface area contributed by atoms with Gasteiger partial charge in [-0.25, -0.2) is 0 Å². The fourth-order valence-corrected chi connectivity index (χ4v) is 9.73. The molecule has 0 amide bonds. The molecule has 0 bridgehead atoms. The molecule has 3 heterocycles. The summed E-state index contributed by atoms with van der Waals surface area (Å²) in [7, 11) is -1.30. The van der Waals surface area contributed by atoms with Gasteiger partial charge in [0.05, 0.1) is 13.7 Å². The van der Waals surface area contributed by atoms with Gasteiger partial charge in [0.25, 0.3) is 0 Å². The molecule has 0 unspecified atom stereocenters. The summed E-state index contributed by atoms with van der Waals surface area (Å²) < 4.78 is 6.42. The number of nitrogens with zero attached hydrogens (tertiary/aromatic N) is 2. The van der Waals surface area contributed by atoms with Gasteiger partial charge in [-0.15, -0.1) is 53.1 Å². The molecule has 2 aliphatic carbocycles. The van der Waals surface area contributed by atoms with Crippen LogP contribution in [0, 0.1) is 19.1 Å². The van der Waals surface area contributed by atoms with E-state index in [9.17, 15) is 0 Å². The van der Waals surface area contributed by atoms with Gasteiger partial charge in [0.2, 0.25) is 0 Å². The second-order valence-corrected chi connectivity index (χ2v) is 20.0. The number of pyridine rings is 2. The maximum absolute atomic E-state index is 6.42. The van der Waals surface area contributed by atoms with Crippen LogP contribution in [0.1, 0.15) is 53.5 Å². The number of benzene rings is 4. The molecule has 9 rings (SSSR count). The van der Waals surface area contributed by atoms with Crippen LogP contribution in [-0.4, -0.2) is 18.0 Å². The second kappa shape index (κ2) is 14.8. The molecule has 0 saturated heterocycles. The molecular weight excluding hydrogens is 817 g/mol. The van der Waals surface area contributed by atoms with Crippen molar-refractivity contribution >= 4 is 35.2 Å². The van der Waals surface area contributed by atoms with Gasteiger partial charge in [0.15, 0.2) is 0 Å². The van der Waals surface area contributed by atoms with Crippen molar-refractivity contribution < 1.29 is 24.5 Å². The Kier molecular flexibility index (Phi) is 10.3. The average Bonchev–Trinajstić information content (AvgIpc) is 3.53. The molecule has 5 heteroatoms. The first kappa shape index (κ1) is 35.3. The zero-order valence-corrected chi connectivity index (χ0v) is 33.4. The van der Waals surface area contributed by atoms with Crippen LogP contribution in [0.4, 0.5) is 0 Å². The minimum atomic E-state index is -1.30. The fraction of sp³-hybridized carbons (Fsp3) is 0.261. The summed E-state index contributed by atoms with van der Waals surface area (Å²) in [5.74, 6) is 0. The molecule has 7 aromatic rings. The summed E-state index contributed by atoms with van der Waals surface area (Å²) in [6.45, 7) is 9.38. The molecule has 0 spiro atoms. The normalized spacial score (nSPS) is 13.9. The molecule has 51 heavy (non-hydrogen) atoms. The van der Waals surface area contributed by atoms with E-state index >= 15 is 0 Å². The Balaban J connectivity index is 0.000000165. The van der Waals surface area contributed by atoms with Crippen LogP contribution in [-0.2, 0) is 45.8 Å². The van der Waals surface area contributed by atoms with E-state index in [0.29, 0.717) is 0 Å². The monoisotopic (exact) mass is 861 g/mol. The van der Waals surface area contributed by atoms with Crippen LogP contribution in [0.15, 0.2) is 102 Å². The van der Waals surface area contributed by atoms with Crippen molar-refractivity contribution in [2.75, 3.05) is 0 Å². The van der Waals surface area contributed by atoms with Crippen molar-refractivity contribution in [3.05, 3.63) is 137 Å². The molecule has 3 nitrogen and oxygen atoms in total. The molecule has 3 aromatic heterocycles. The topological polar surface area (TPSA) is 38.9 Å². The molecule has 2 aliphatic rings. The first-order valence-corrected chi connectivity index (χ1v) is 21.7. The third-order valence-corrected chi connectivity index (χ3v) is 12.7. The van der Waals surface area contributed by atoms with E-state index in [4.69, 9.17) is 14.4 Å². The van der Waals surface area contributed by atoms with Crippen LogP contribution in [0.3, 0.4) is 0 Å². The Morgan fingerprint density at radius 1 is 0.667 bits per heavy atom. The molecule has 1 radical (unpaired) electrons. The van der Waals surface area contributed by atoms with E-state index in [0.717, 1.165) is 57.3 Å². The van der Waals surface area contributed by atoms with E-state index in [1.807, 2.05) is 18.3 Å². The minimum absolute atomic E-state index is 0. The molecule has 0 fully saturated rings. The van der Waals surface area contributed by atoms with E-state index in [-0.39, 0.29) is 20.1 Å². The van der Waals surface area contributed by atoms with E-state index in [2.05, 4.69) is 118 Å². The van der Waals surface area contributed by atoms with Gasteiger partial charge < -0.3 is 14.4 Å². The number of furan rings is 1. The molecule has 259 valence electrons. The molecule has 4 aromatic carbocycles. The van der Waals surface area contributed by atoms with Crippen molar-refractivity contribution in [3.63, 3.8) is 0 Å². The summed E-state index contributed by atoms with van der Waals surface area (Å²) in [5.41, 5.74) is 15.7. The Hall–Kier alpha value is -4.15. The second-order valence-electron chi connectivity index (χ2n) is 15.0. The third kappa shape index (κ3) is 7.05. The van der Waals surface area contributed by atoms with E-state index in [1.165, 1.54) is 82.7 Å². The predicted molar refractivity (Wildman–Crippen MR) is 211 cm³/mol. The zero-order valence-electron chi connectivity index (χ0n) is 30.0. The van der Waals surface area contributed by atoms with Crippen LogP contribution < -0.4 is 5.19 Å². The Morgan fingerprint density at radius 2 is 1.37 bits per heavy atom. The summed E-state index contributed by atoms with van der Waals surface area (Å²) in [6.07, 6.45) is 13.8. The van der Waals surface area contributed by atoms with Gasteiger partial charge in [-0.3, -0.25) is 0 Å². The summed E-state index contributed by atoms with van der Waals surface area (Å²) >= 11 is 0. The molecular formula is C46H44IrN2OSi-2. The first-order valence-electron chi connectivity index (χ1n) is 18.2. The van der Waals surface area contributed by atoms with E-state index < -0.39 is 8.07 Å². The van der Waals surface area contributed by atoms with Gasteiger partial charge in [0.1, 0.15) is 5.58 Å². The molecule has 0 N–H and O–H groups in total. The van der Waals surface area contributed by atoms with Crippen molar-refractivity contribution in [2.24, 2.45) is 0 Å². The van der Waals surface area contributed by atoms with Gasteiger partial charge in [-0.2, -0.15) is 0 Å². The third-order valence-electron chi connectivity index (χ3n) is 10.6. The van der Waals surface area contributed by atoms with Crippen LogP contribution in [0.2, 0.25) is 19.6 Å². The Bertz CT molecular complexity index is 2340. The van der Waals surface area contributed by atoms with Crippen molar-refractivity contribution in [1.29, 1.82) is 0 Å². The standard InChI is InChI=1S/C27H20NO.C19H24NSi.Ir/c1-2-7-18(8-3-1)20-13-14-22-23-11-6-12-24(27(23)29-25(22)17-20)26-21-10-5-4-9-19(21)15-16-28-26;1-14-12-18(20-13-19(14)21(2,3)4)17-11-7-9-15-8-5-6-10-16(15)17;/h1-3,6-8,11,13-17H,4-5,9-10H2;7,9,12-13H,5-6,8,10H2,1-4H3;/q2*-1;. The summed E-state index contributed by atoms with van der Waals surface area (Å²) in [4.78, 5) is 9.54. The van der Waals surface area contributed by atoms with Crippen molar-refractivity contribution in [1.82, 2.24) is 9.97 Å². The average molecular weight is 861 g/mol. The van der Waals surface area contributed by atoms with Crippen molar-refractivity contribution in [2.45, 2.75) is 77.9 Å². The number of aryl methyl sites for hydroxylation is 3. The number of hydrogen-bond donors (Lipinski definition) is 0. The van der Waals surface area contributed by atoms with Gasteiger partial charge in [-0.05, 0) is 78.9 Å². The van der Waals surface area contributed by atoms with Gasteiger partial charge in [0, 0.05) is 37.9 Å². The number of aromatic nitrogens is 2. The number of rotatable bonds is 4. The fourth-order valence-electron chi connectivity index (χ4n) is 8.02. The van der Waals surface area contributed by atoms with Gasteiger partial charge in [-0.1, -0.05) is 115 Å². The van der Waals surface area contributed by atoms with Crippen LogP contribution in [0.5, 0.6) is 0 Å². The smallest absolute Gasteiger partial charge is 0.121 e. The zero-order chi connectivity index (χ0) is 34.2. The van der Waals surface area contributed by atoms with Gasteiger partial charge >= 0.3 is 0 Å². The number of hydrogen-bond acceptors (Lipinski definition) is 3. The Labute approximate surface area is 316 Å². The predicted octanol–water partition coefficient (Wildman–Crippen LogP) is 11.3. The largest absolute Gasteiger partial charge is 0.501 e. The number of fused-ring (bicyclic) bond motifs is 5. The maximum Gasteiger partial charge on any atom is 0.121 e. The first-order chi connectivity index (χ1) is 24.3. The van der Waals surface area contributed by atoms with E-state index in [1.54, 1.807) is 0 Å². The summed E-state index contributed by atoms with van der Waals surface area (Å²) in [6, 6.07) is 36.6. The SMILES string of the molecule is Cc1cc(-c2[c-]ccc3c2CCCC3)ncc1[Si](C)(C)C.[Ir].[c-]1ccc2c(oc3cc(-c4ccccc4)ccc32)c1-c1nccc2c1CCCC2. The Morgan fingerprint density at radius 3 is 2.14 bits per heavy atom. The molecule has 0 saturated carbocycles. The summed E-state index contributed by atoms with van der Waals surface area (Å²) in [5, 5.41) is 3.74. The maximum atomic E-state index is 6.42. The molecule has 0 atom stereocenters. The van der Waals surface area contributed by atoms with Crippen LogP contribution in [0.25, 0.3) is 55.6 Å².